The summed E-state index contributed by atoms with van der Waals surface area (Å²) in [6.45, 7) is 4.45. The van der Waals surface area contributed by atoms with Crippen LogP contribution in [0.5, 0.6) is 0 Å². The summed E-state index contributed by atoms with van der Waals surface area (Å²) in [5.74, 6) is 0. The third-order valence-corrected chi connectivity index (χ3v) is 3.80. The molecule has 2 heterocycles. The summed E-state index contributed by atoms with van der Waals surface area (Å²) in [5.41, 5.74) is 2.24. The topological polar surface area (TPSA) is 28.2 Å². The second kappa shape index (κ2) is 5.83. The van der Waals surface area contributed by atoms with Gasteiger partial charge in [-0.25, -0.2) is 4.98 Å². The monoisotopic (exact) mass is 297 g/mol. The predicted molar refractivity (Wildman–Crippen MR) is 75.4 cm³/mol. The summed E-state index contributed by atoms with van der Waals surface area (Å²) >= 11 is 3.40. The lowest BCUT2D eigenvalue weighted by Crippen LogP contribution is -2.23. The third-order valence-electron chi connectivity index (χ3n) is 3.36. The van der Waals surface area contributed by atoms with Crippen LogP contribution in [0.1, 0.15) is 25.0 Å². The summed E-state index contributed by atoms with van der Waals surface area (Å²) in [7, 11) is 2.20. The zero-order chi connectivity index (χ0) is 12.3. The summed E-state index contributed by atoms with van der Waals surface area (Å²) in [6.07, 6.45) is 3.74. The first kappa shape index (κ1) is 12.8. The Kier molecular flexibility index (Phi) is 4.40. The summed E-state index contributed by atoms with van der Waals surface area (Å²) in [6, 6.07) is 4.70. The molecule has 1 fully saturated rings. The van der Waals surface area contributed by atoms with Crippen molar-refractivity contribution in [3.05, 3.63) is 22.4 Å². The average Bonchev–Trinajstić information content (AvgIpc) is 2.48. The first-order valence-electron chi connectivity index (χ1n) is 6.23. The number of anilines is 1. The molecule has 0 saturated carbocycles. The molecule has 0 spiro atoms. The molecule has 0 aliphatic carbocycles. The molecule has 4 heteroatoms. The molecule has 1 atom stereocenters. The van der Waals surface area contributed by atoms with Gasteiger partial charge < -0.3 is 10.2 Å². The van der Waals surface area contributed by atoms with Crippen molar-refractivity contribution < 1.29 is 0 Å². The minimum atomic E-state index is 0.585. The minimum Gasteiger partial charge on any atom is -0.381 e. The maximum Gasteiger partial charge on any atom is 0.106 e. The largest absolute Gasteiger partial charge is 0.381 e. The van der Waals surface area contributed by atoms with E-state index in [0.29, 0.717) is 6.04 Å². The number of hydrogen-bond acceptors (Lipinski definition) is 3. The molecule has 0 amide bonds. The van der Waals surface area contributed by atoms with Crippen LogP contribution in [0, 0.1) is 6.92 Å². The lowest BCUT2D eigenvalue weighted by atomic mass is 10.1. The van der Waals surface area contributed by atoms with Crippen LogP contribution in [0.15, 0.2) is 16.7 Å². The molecule has 94 valence electrons. The van der Waals surface area contributed by atoms with Crippen molar-refractivity contribution in [3.63, 3.8) is 0 Å². The second-order valence-corrected chi connectivity index (χ2v) is 5.65. The zero-order valence-electron chi connectivity index (χ0n) is 10.5. The van der Waals surface area contributed by atoms with Gasteiger partial charge in [0.2, 0.25) is 0 Å². The SMILES string of the molecule is Cc1nc(Br)ccc1NC1CCCN(C)CC1. The van der Waals surface area contributed by atoms with Crippen LogP contribution >= 0.6 is 15.9 Å². The summed E-state index contributed by atoms with van der Waals surface area (Å²) < 4.78 is 0.904. The number of nitrogens with one attached hydrogen (secondary N) is 1. The molecule has 1 N–H and O–H groups in total. The highest BCUT2D eigenvalue weighted by Crippen LogP contribution is 2.20. The van der Waals surface area contributed by atoms with Gasteiger partial charge in [-0.3, -0.25) is 0 Å². The van der Waals surface area contributed by atoms with Gasteiger partial charge in [-0.05, 0) is 74.4 Å². The smallest absolute Gasteiger partial charge is 0.106 e. The second-order valence-electron chi connectivity index (χ2n) is 4.84. The number of aromatic nitrogens is 1. The van der Waals surface area contributed by atoms with Gasteiger partial charge in [-0.1, -0.05) is 0 Å². The van der Waals surface area contributed by atoms with Crippen LogP contribution in [-0.2, 0) is 0 Å². The van der Waals surface area contributed by atoms with Crippen molar-refractivity contribution >= 4 is 21.6 Å². The first-order valence-corrected chi connectivity index (χ1v) is 7.02. The van der Waals surface area contributed by atoms with Gasteiger partial charge >= 0.3 is 0 Å². The molecule has 17 heavy (non-hydrogen) atoms. The van der Waals surface area contributed by atoms with E-state index in [1.54, 1.807) is 0 Å². The fourth-order valence-electron chi connectivity index (χ4n) is 2.29. The molecule has 1 unspecified atom stereocenters. The number of likely N-dealkylation sites (tertiary alicyclic amines) is 1. The van der Waals surface area contributed by atoms with E-state index in [4.69, 9.17) is 0 Å². The molecule has 1 aliphatic rings. The molecular formula is C13H20BrN3. The standard InChI is InChI=1S/C13H20BrN3/c1-10-12(5-6-13(14)15-10)16-11-4-3-8-17(2)9-7-11/h5-6,11,16H,3-4,7-9H2,1-2H3. The van der Waals surface area contributed by atoms with Crippen molar-refractivity contribution in [2.45, 2.75) is 32.2 Å². The Labute approximate surface area is 112 Å². The zero-order valence-corrected chi connectivity index (χ0v) is 12.1. The number of pyridine rings is 1. The maximum absolute atomic E-state index is 4.42. The van der Waals surface area contributed by atoms with Gasteiger partial charge in [0.15, 0.2) is 0 Å². The van der Waals surface area contributed by atoms with Crippen LogP contribution in [-0.4, -0.2) is 36.1 Å². The molecule has 0 aromatic carbocycles. The van der Waals surface area contributed by atoms with Gasteiger partial charge in [0.05, 0.1) is 11.4 Å². The fraction of sp³-hybridized carbons (Fsp3) is 0.615. The quantitative estimate of drug-likeness (QED) is 0.851. The van der Waals surface area contributed by atoms with Crippen molar-refractivity contribution in [1.29, 1.82) is 0 Å². The predicted octanol–water partition coefficient (Wildman–Crippen LogP) is 3.05. The van der Waals surface area contributed by atoms with E-state index in [0.717, 1.165) is 10.3 Å². The lowest BCUT2D eigenvalue weighted by molar-refractivity contribution is 0.348. The average molecular weight is 298 g/mol. The van der Waals surface area contributed by atoms with Crippen molar-refractivity contribution in [1.82, 2.24) is 9.88 Å². The highest BCUT2D eigenvalue weighted by Gasteiger charge is 2.15. The van der Waals surface area contributed by atoms with Crippen LogP contribution in [0.2, 0.25) is 0 Å². The van der Waals surface area contributed by atoms with Gasteiger partial charge in [-0.15, -0.1) is 0 Å². The Morgan fingerprint density at radius 2 is 2.18 bits per heavy atom. The molecule has 2 rings (SSSR count). The number of nitrogens with zero attached hydrogens (tertiary/aromatic N) is 2. The van der Waals surface area contributed by atoms with Crippen LogP contribution in [0.25, 0.3) is 0 Å². The Morgan fingerprint density at radius 1 is 1.35 bits per heavy atom. The van der Waals surface area contributed by atoms with Crippen molar-refractivity contribution in [2.75, 3.05) is 25.5 Å². The van der Waals surface area contributed by atoms with Crippen LogP contribution in [0.3, 0.4) is 0 Å². The maximum atomic E-state index is 4.42. The van der Waals surface area contributed by atoms with Gasteiger partial charge in [0.1, 0.15) is 4.60 Å². The molecule has 1 aromatic heterocycles. The summed E-state index contributed by atoms with van der Waals surface area (Å²) in [4.78, 5) is 6.83. The van der Waals surface area contributed by atoms with E-state index >= 15 is 0 Å². The van der Waals surface area contributed by atoms with Gasteiger partial charge in [0.25, 0.3) is 0 Å². The van der Waals surface area contributed by atoms with E-state index in [1.165, 1.54) is 38.0 Å². The van der Waals surface area contributed by atoms with Crippen LogP contribution in [0.4, 0.5) is 5.69 Å². The Morgan fingerprint density at radius 3 is 2.94 bits per heavy atom. The van der Waals surface area contributed by atoms with E-state index < -0.39 is 0 Å². The number of aryl methyl sites for hydroxylation is 1. The normalized spacial score (nSPS) is 22.2. The molecular weight excluding hydrogens is 278 g/mol. The van der Waals surface area contributed by atoms with E-state index in [9.17, 15) is 0 Å². The number of rotatable bonds is 2. The van der Waals surface area contributed by atoms with E-state index in [1.807, 2.05) is 6.07 Å². The molecule has 0 radical (unpaired) electrons. The molecule has 3 nitrogen and oxygen atoms in total. The number of hydrogen-bond donors (Lipinski definition) is 1. The third kappa shape index (κ3) is 3.68. The van der Waals surface area contributed by atoms with E-state index in [2.05, 4.69) is 51.2 Å². The highest BCUT2D eigenvalue weighted by atomic mass is 79.9. The van der Waals surface area contributed by atoms with Crippen molar-refractivity contribution in [3.8, 4) is 0 Å². The first-order chi connectivity index (χ1) is 8.15. The Hall–Kier alpha value is -0.610. The minimum absolute atomic E-state index is 0.585. The number of halogens is 1. The molecule has 1 aromatic rings. The Bertz CT molecular complexity index is 381. The molecule has 1 aliphatic heterocycles. The molecule has 1 saturated heterocycles. The van der Waals surface area contributed by atoms with Gasteiger partial charge in [-0.2, -0.15) is 0 Å². The molecule has 0 bridgehead atoms. The van der Waals surface area contributed by atoms with Gasteiger partial charge in [0, 0.05) is 6.04 Å². The highest BCUT2D eigenvalue weighted by molar-refractivity contribution is 9.10. The fourth-order valence-corrected chi connectivity index (χ4v) is 2.69. The van der Waals surface area contributed by atoms with E-state index in [-0.39, 0.29) is 0 Å². The lowest BCUT2D eigenvalue weighted by Gasteiger charge is -2.19. The van der Waals surface area contributed by atoms with Crippen LogP contribution < -0.4 is 5.32 Å². The summed E-state index contributed by atoms with van der Waals surface area (Å²) in [5, 5.41) is 3.63. The van der Waals surface area contributed by atoms with Crippen molar-refractivity contribution in [2.24, 2.45) is 0 Å². The Balaban J connectivity index is 2.00.